The van der Waals surface area contributed by atoms with Crippen LogP contribution in [0.5, 0.6) is 0 Å². The smallest absolute Gasteiger partial charge is 0.185 e. The van der Waals surface area contributed by atoms with Gasteiger partial charge in [-0.3, -0.25) is 4.68 Å². The van der Waals surface area contributed by atoms with Gasteiger partial charge in [0.1, 0.15) is 10.4 Å². The molecular formula is C15H19N5O2S. The molecule has 3 aromatic rings. The molecule has 122 valence electrons. The van der Waals surface area contributed by atoms with Crippen molar-refractivity contribution < 1.29 is 8.42 Å². The minimum absolute atomic E-state index is 0.0879. The average Bonchev–Trinajstić information content (AvgIpc) is 3.06. The van der Waals surface area contributed by atoms with E-state index < -0.39 is 9.84 Å². The Labute approximate surface area is 134 Å². The highest BCUT2D eigenvalue weighted by Gasteiger charge is 2.21. The Balaban J connectivity index is 1.91. The Morgan fingerprint density at radius 2 is 1.96 bits per heavy atom. The first-order chi connectivity index (χ1) is 10.7. The Morgan fingerprint density at radius 3 is 2.61 bits per heavy atom. The summed E-state index contributed by atoms with van der Waals surface area (Å²) in [5.41, 5.74) is 1.98. The number of fused-ring (bicyclic) bond motifs is 1. The lowest BCUT2D eigenvalue weighted by atomic mass is 10.1. The van der Waals surface area contributed by atoms with Gasteiger partial charge in [-0.2, -0.15) is 5.10 Å². The minimum atomic E-state index is -3.45. The fourth-order valence-corrected chi connectivity index (χ4v) is 3.57. The summed E-state index contributed by atoms with van der Waals surface area (Å²) in [5.74, 6) is -0.0879. The molecule has 0 amide bonds. The molecule has 7 nitrogen and oxygen atoms in total. The number of hydrogen-bond donors (Lipinski definition) is 0. The zero-order valence-electron chi connectivity index (χ0n) is 13.6. The fourth-order valence-electron chi connectivity index (χ4n) is 2.31. The van der Waals surface area contributed by atoms with Crippen LogP contribution in [0.2, 0.25) is 0 Å². The molecule has 0 spiro atoms. The predicted octanol–water partition coefficient (Wildman–Crippen LogP) is 1.89. The molecule has 0 atom stereocenters. The maximum atomic E-state index is 12.6. The third-order valence-corrected chi connectivity index (χ3v) is 5.28. The summed E-state index contributed by atoms with van der Waals surface area (Å²) in [6.45, 7) is 5.91. The molecule has 0 bridgehead atoms. The highest BCUT2D eigenvalue weighted by molar-refractivity contribution is 7.90. The topological polar surface area (TPSA) is 82.7 Å². The molecule has 23 heavy (non-hydrogen) atoms. The van der Waals surface area contributed by atoms with Crippen LogP contribution in [-0.2, 0) is 28.2 Å². The second-order valence-electron chi connectivity index (χ2n) is 6.59. The summed E-state index contributed by atoms with van der Waals surface area (Å²) in [6, 6.07) is 5.38. The molecule has 3 rings (SSSR count). The quantitative estimate of drug-likeness (QED) is 0.731. The van der Waals surface area contributed by atoms with Crippen LogP contribution in [0.3, 0.4) is 0 Å². The minimum Gasteiger partial charge on any atom is -0.266 e. The van der Waals surface area contributed by atoms with Gasteiger partial charge < -0.3 is 0 Å². The van der Waals surface area contributed by atoms with Gasteiger partial charge >= 0.3 is 0 Å². The number of hydrogen-bond acceptors (Lipinski definition) is 5. The molecular weight excluding hydrogens is 314 g/mol. The fraction of sp³-hybridized carbons (Fsp3) is 0.400. The van der Waals surface area contributed by atoms with Crippen LogP contribution < -0.4 is 0 Å². The first-order valence-corrected chi connectivity index (χ1v) is 8.88. The SMILES string of the molecule is Cn1nnc2cc(CS(=O)(=O)c3cnn(C(C)(C)C)c3)ccc21. The van der Waals surface area contributed by atoms with Gasteiger partial charge in [-0.05, 0) is 38.5 Å². The van der Waals surface area contributed by atoms with Crippen LogP contribution >= 0.6 is 0 Å². The summed E-state index contributed by atoms with van der Waals surface area (Å²) in [7, 11) is -1.65. The molecule has 8 heteroatoms. The van der Waals surface area contributed by atoms with Crippen molar-refractivity contribution in [2.75, 3.05) is 0 Å². The molecule has 0 unspecified atom stereocenters. The van der Waals surface area contributed by atoms with Gasteiger partial charge in [-0.1, -0.05) is 11.3 Å². The molecule has 0 saturated carbocycles. The predicted molar refractivity (Wildman–Crippen MR) is 86.6 cm³/mol. The maximum Gasteiger partial charge on any atom is 0.185 e. The van der Waals surface area contributed by atoms with E-state index in [0.717, 1.165) is 5.52 Å². The number of nitrogens with zero attached hydrogens (tertiary/aromatic N) is 5. The molecule has 0 aliphatic carbocycles. The normalized spacial score (nSPS) is 12.9. The van der Waals surface area contributed by atoms with Crippen LogP contribution in [-0.4, -0.2) is 33.2 Å². The Morgan fingerprint density at radius 1 is 1.22 bits per heavy atom. The number of rotatable bonds is 3. The van der Waals surface area contributed by atoms with E-state index in [0.29, 0.717) is 11.1 Å². The number of aryl methyl sites for hydroxylation is 1. The number of aromatic nitrogens is 5. The van der Waals surface area contributed by atoms with E-state index in [4.69, 9.17) is 0 Å². The third kappa shape index (κ3) is 2.98. The third-order valence-electron chi connectivity index (χ3n) is 3.64. The van der Waals surface area contributed by atoms with E-state index in [1.54, 1.807) is 34.7 Å². The summed E-state index contributed by atoms with van der Waals surface area (Å²) < 4.78 is 28.5. The lowest BCUT2D eigenvalue weighted by molar-refractivity contribution is 0.355. The van der Waals surface area contributed by atoms with E-state index in [1.807, 2.05) is 26.8 Å². The number of sulfone groups is 1. The summed E-state index contributed by atoms with van der Waals surface area (Å²) in [4.78, 5) is 0.228. The zero-order chi connectivity index (χ0) is 16.8. The van der Waals surface area contributed by atoms with E-state index in [1.165, 1.54) is 6.20 Å². The molecule has 0 N–H and O–H groups in total. The molecule has 0 radical (unpaired) electrons. The van der Waals surface area contributed by atoms with Gasteiger partial charge in [0, 0.05) is 13.2 Å². The molecule has 2 heterocycles. The molecule has 2 aromatic heterocycles. The van der Waals surface area contributed by atoms with Crippen molar-refractivity contribution in [2.45, 2.75) is 37.0 Å². The monoisotopic (exact) mass is 333 g/mol. The Hall–Kier alpha value is -2.22. The first kappa shape index (κ1) is 15.7. The second kappa shape index (κ2) is 5.16. The van der Waals surface area contributed by atoms with Crippen LogP contribution in [0, 0.1) is 0 Å². The van der Waals surface area contributed by atoms with E-state index >= 15 is 0 Å². The van der Waals surface area contributed by atoms with Gasteiger partial charge in [0.2, 0.25) is 0 Å². The Kier molecular flexibility index (Phi) is 3.51. The molecule has 0 saturated heterocycles. The van der Waals surface area contributed by atoms with Crippen molar-refractivity contribution >= 4 is 20.9 Å². The van der Waals surface area contributed by atoms with Crippen molar-refractivity contribution in [3.05, 3.63) is 36.2 Å². The van der Waals surface area contributed by atoms with Gasteiger partial charge in [-0.15, -0.1) is 5.10 Å². The van der Waals surface area contributed by atoms with Gasteiger partial charge in [-0.25, -0.2) is 13.1 Å². The first-order valence-electron chi connectivity index (χ1n) is 7.23. The standard InChI is InChI=1S/C15H19N5O2S/c1-15(2,3)20-9-12(8-16-20)23(21,22)10-11-5-6-14-13(7-11)17-18-19(14)4/h5-9H,10H2,1-4H3. The molecule has 0 aliphatic heterocycles. The average molecular weight is 333 g/mol. The molecule has 0 fully saturated rings. The molecule has 0 aliphatic rings. The van der Waals surface area contributed by atoms with Crippen LogP contribution in [0.4, 0.5) is 0 Å². The summed E-state index contributed by atoms with van der Waals surface area (Å²) in [5, 5.41) is 12.1. The second-order valence-corrected chi connectivity index (χ2v) is 8.58. The van der Waals surface area contributed by atoms with E-state index in [2.05, 4.69) is 15.4 Å². The van der Waals surface area contributed by atoms with Crippen molar-refractivity contribution in [3.63, 3.8) is 0 Å². The van der Waals surface area contributed by atoms with Crippen LogP contribution in [0.15, 0.2) is 35.5 Å². The summed E-state index contributed by atoms with van der Waals surface area (Å²) in [6.07, 6.45) is 2.98. The highest BCUT2D eigenvalue weighted by Crippen LogP contribution is 2.21. The van der Waals surface area contributed by atoms with Crippen LogP contribution in [0.25, 0.3) is 11.0 Å². The van der Waals surface area contributed by atoms with Crippen molar-refractivity contribution in [3.8, 4) is 0 Å². The lowest BCUT2D eigenvalue weighted by Crippen LogP contribution is -2.22. The summed E-state index contributed by atoms with van der Waals surface area (Å²) >= 11 is 0. The van der Waals surface area contributed by atoms with E-state index in [-0.39, 0.29) is 16.2 Å². The van der Waals surface area contributed by atoms with Gasteiger partial charge in [0.05, 0.1) is 23.0 Å². The maximum absolute atomic E-state index is 12.6. The van der Waals surface area contributed by atoms with Crippen LogP contribution in [0.1, 0.15) is 26.3 Å². The van der Waals surface area contributed by atoms with Crippen molar-refractivity contribution in [1.82, 2.24) is 24.8 Å². The van der Waals surface area contributed by atoms with Gasteiger partial charge in [0.25, 0.3) is 0 Å². The highest BCUT2D eigenvalue weighted by atomic mass is 32.2. The molecule has 1 aromatic carbocycles. The largest absolute Gasteiger partial charge is 0.266 e. The zero-order valence-corrected chi connectivity index (χ0v) is 14.4. The van der Waals surface area contributed by atoms with Crippen molar-refractivity contribution in [2.24, 2.45) is 7.05 Å². The Bertz CT molecular complexity index is 963. The number of benzene rings is 1. The lowest BCUT2D eigenvalue weighted by Gasteiger charge is -2.18. The van der Waals surface area contributed by atoms with Gasteiger partial charge in [0.15, 0.2) is 9.84 Å². The van der Waals surface area contributed by atoms with E-state index in [9.17, 15) is 8.42 Å². The van der Waals surface area contributed by atoms with Crippen molar-refractivity contribution in [1.29, 1.82) is 0 Å².